The maximum atomic E-state index is 12.7. The number of H-pyrrole nitrogens is 1. The van der Waals surface area contributed by atoms with Crippen molar-refractivity contribution in [3.63, 3.8) is 0 Å². The van der Waals surface area contributed by atoms with E-state index in [4.69, 9.17) is 4.74 Å². The molecule has 25 heavy (non-hydrogen) atoms. The van der Waals surface area contributed by atoms with E-state index in [1.807, 2.05) is 23.7 Å². The van der Waals surface area contributed by atoms with Crippen LogP contribution in [0.2, 0.25) is 0 Å². The van der Waals surface area contributed by atoms with Gasteiger partial charge in [-0.1, -0.05) is 0 Å². The number of carbonyl (C=O) groups excluding carboxylic acids is 1. The van der Waals surface area contributed by atoms with Crippen LogP contribution >= 0.6 is 0 Å². The van der Waals surface area contributed by atoms with Crippen LogP contribution in [0.1, 0.15) is 49.4 Å². The standard InChI is InChI=1S/C18H24N4O3/c1-11(2)22-15(4-6-20-22)17-14(5-7-25-17)18(24)19-10-13-8-12(3)21-16(23)9-13/h4,6,8-9,11,14,17H,5,7,10H2,1-3H3,(H,19,24)(H,21,23)/t14-,17-/m1/s1. The van der Waals surface area contributed by atoms with E-state index in [9.17, 15) is 9.59 Å². The molecule has 1 fully saturated rings. The number of hydrogen-bond donors (Lipinski definition) is 2. The molecule has 7 heteroatoms. The lowest BCUT2D eigenvalue weighted by Crippen LogP contribution is -2.33. The van der Waals surface area contributed by atoms with E-state index in [0.29, 0.717) is 19.6 Å². The van der Waals surface area contributed by atoms with Gasteiger partial charge < -0.3 is 15.0 Å². The van der Waals surface area contributed by atoms with Crippen molar-refractivity contribution in [3.8, 4) is 0 Å². The molecule has 134 valence electrons. The van der Waals surface area contributed by atoms with Gasteiger partial charge in [0, 0.05) is 37.2 Å². The van der Waals surface area contributed by atoms with Crippen LogP contribution in [0.15, 0.2) is 29.2 Å². The molecule has 2 aromatic rings. The number of aryl methyl sites for hydroxylation is 1. The summed E-state index contributed by atoms with van der Waals surface area (Å²) in [7, 11) is 0. The summed E-state index contributed by atoms with van der Waals surface area (Å²) in [5.74, 6) is -0.311. The zero-order valence-corrected chi connectivity index (χ0v) is 14.8. The van der Waals surface area contributed by atoms with Gasteiger partial charge in [0.1, 0.15) is 6.10 Å². The van der Waals surface area contributed by atoms with Crippen molar-refractivity contribution in [1.82, 2.24) is 20.1 Å². The largest absolute Gasteiger partial charge is 0.371 e. The number of amides is 1. The molecular formula is C18H24N4O3. The van der Waals surface area contributed by atoms with Crippen LogP contribution in [0.3, 0.4) is 0 Å². The summed E-state index contributed by atoms with van der Waals surface area (Å²) in [6.07, 6.45) is 2.13. The monoisotopic (exact) mass is 344 g/mol. The number of aromatic amines is 1. The fourth-order valence-corrected chi connectivity index (χ4v) is 3.31. The van der Waals surface area contributed by atoms with E-state index >= 15 is 0 Å². The predicted molar refractivity (Wildman–Crippen MR) is 93.1 cm³/mol. The lowest BCUT2D eigenvalue weighted by atomic mass is 9.97. The van der Waals surface area contributed by atoms with Crippen molar-refractivity contribution in [2.24, 2.45) is 5.92 Å². The molecule has 7 nitrogen and oxygen atoms in total. The molecule has 0 spiro atoms. The Labute approximate surface area is 146 Å². The van der Waals surface area contributed by atoms with Gasteiger partial charge in [-0.15, -0.1) is 0 Å². The molecule has 3 heterocycles. The second kappa shape index (κ2) is 7.23. The third-order valence-corrected chi connectivity index (χ3v) is 4.42. The first kappa shape index (κ1) is 17.4. The van der Waals surface area contributed by atoms with E-state index in [1.54, 1.807) is 6.20 Å². The van der Waals surface area contributed by atoms with Crippen LogP contribution in [0.4, 0.5) is 0 Å². The van der Waals surface area contributed by atoms with E-state index in [0.717, 1.165) is 17.0 Å². The van der Waals surface area contributed by atoms with E-state index in [1.165, 1.54) is 6.07 Å². The number of pyridine rings is 1. The molecule has 0 radical (unpaired) electrons. The van der Waals surface area contributed by atoms with Crippen molar-refractivity contribution >= 4 is 5.91 Å². The van der Waals surface area contributed by atoms with Crippen molar-refractivity contribution < 1.29 is 9.53 Å². The molecule has 2 atom stereocenters. The fraction of sp³-hybridized carbons (Fsp3) is 0.500. The topological polar surface area (TPSA) is 89.0 Å². The Balaban J connectivity index is 1.70. The molecule has 3 rings (SSSR count). The van der Waals surface area contributed by atoms with Crippen LogP contribution in [-0.4, -0.2) is 27.3 Å². The first-order valence-electron chi connectivity index (χ1n) is 8.58. The van der Waals surface area contributed by atoms with Gasteiger partial charge in [-0.05, 0) is 44.9 Å². The predicted octanol–water partition coefficient (Wildman–Crippen LogP) is 1.85. The van der Waals surface area contributed by atoms with Crippen molar-refractivity contribution in [3.05, 3.63) is 51.7 Å². The van der Waals surface area contributed by atoms with Gasteiger partial charge in [-0.3, -0.25) is 14.3 Å². The number of nitrogens with one attached hydrogen (secondary N) is 2. The third kappa shape index (κ3) is 3.82. The summed E-state index contributed by atoms with van der Waals surface area (Å²) < 4.78 is 7.73. The summed E-state index contributed by atoms with van der Waals surface area (Å²) >= 11 is 0. The van der Waals surface area contributed by atoms with Gasteiger partial charge in [0.2, 0.25) is 11.5 Å². The molecule has 0 bridgehead atoms. The second-order valence-corrected chi connectivity index (χ2v) is 6.73. The summed E-state index contributed by atoms with van der Waals surface area (Å²) in [6, 6.07) is 5.48. The van der Waals surface area contributed by atoms with Gasteiger partial charge in [0.15, 0.2) is 0 Å². The van der Waals surface area contributed by atoms with Crippen LogP contribution in [0, 0.1) is 12.8 Å². The number of hydrogen-bond acceptors (Lipinski definition) is 4. The van der Waals surface area contributed by atoms with Gasteiger partial charge >= 0.3 is 0 Å². The smallest absolute Gasteiger partial charge is 0.248 e. The van der Waals surface area contributed by atoms with Gasteiger partial charge in [-0.2, -0.15) is 5.10 Å². The average Bonchev–Trinajstić information content (AvgIpc) is 3.19. The lowest BCUT2D eigenvalue weighted by Gasteiger charge is -2.21. The third-order valence-electron chi connectivity index (χ3n) is 4.42. The average molecular weight is 344 g/mol. The van der Waals surface area contributed by atoms with Crippen LogP contribution in [-0.2, 0) is 16.1 Å². The molecule has 0 aliphatic carbocycles. The van der Waals surface area contributed by atoms with Gasteiger partial charge in [-0.25, -0.2) is 0 Å². The molecule has 1 amide bonds. The highest BCUT2D eigenvalue weighted by Gasteiger charge is 2.37. The molecule has 1 aliphatic heterocycles. The van der Waals surface area contributed by atoms with Crippen molar-refractivity contribution in [1.29, 1.82) is 0 Å². The Bertz CT molecular complexity index is 809. The lowest BCUT2D eigenvalue weighted by molar-refractivity contribution is -0.127. The number of carbonyl (C=O) groups is 1. The molecule has 0 saturated carbocycles. The molecule has 2 N–H and O–H groups in total. The molecular weight excluding hydrogens is 320 g/mol. The van der Waals surface area contributed by atoms with Gasteiger partial charge in [0.05, 0.1) is 11.6 Å². The number of nitrogens with zero attached hydrogens (tertiary/aromatic N) is 2. The maximum absolute atomic E-state index is 12.7. The second-order valence-electron chi connectivity index (χ2n) is 6.73. The first-order chi connectivity index (χ1) is 12.0. The summed E-state index contributed by atoms with van der Waals surface area (Å²) in [5.41, 5.74) is 2.34. The molecule has 2 aromatic heterocycles. The Morgan fingerprint density at radius 1 is 1.48 bits per heavy atom. The Hall–Kier alpha value is -2.41. The quantitative estimate of drug-likeness (QED) is 0.866. The summed E-state index contributed by atoms with van der Waals surface area (Å²) in [6.45, 7) is 6.80. The minimum Gasteiger partial charge on any atom is -0.371 e. The zero-order valence-electron chi connectivity index (χ0n) is 14.8. The molecule has 0 aromatic carbocycles. The summed E-state index contributed by atoms with van der Waals surface area (Å²) in [4.78, 5) is 26.9. The Morgan fingerprint density at radius 2 is 2.28 bits per heavy atom. The minimum absolute atomic E-state index is 0.0584. The molecule has 1 saturated heterocycles. The molecule has 1 aliphatic rings. The zero-order chi connectivity index (χ0) is 18.0. The Kier molecular flexibility index (Phi) is 5.03. The van der Waals surface area contributed by atoms with Crippen LogP contribution in [0.25, 0.3) is 0 Å². The first-order valence-corrected chi connectivity index (χ1v) is 8.58. The van der Waals surface area contributed by atoms with Crippen molar-refractivity contribution in [2.75, 3.05) is 6.61 Å². The van der Waals surface area contributed by atoms with E-state index in [-0.39, 0.29) is 29.5 Å². The van der Waals surface area contributed by atoms with Gasteiger partial charge in [0.25, 0.3) is 0 Å². The number of aromatic nitrogens is 3. The highest BCUT2D eigenvalue weighted by atomic mass is 16.5. The highest BCUT2D eigenvalue weighted by molar-refractivity contribution is 5.79. The summed E-state index contributed by atoms with van der Waals surface area (Å²) in [5, 5.41) is 7.27. The van der Waals surface area contributed by atoms with E-state index < -0.39 is 0 Å². The number of ether oxygens (including phenoxy) is 1. The highest BCUT2D eigenvalue weighted by Crippen LogP contribution is 2.35. The fourth-order valence-electron chi connectivity index (χ4n) is 3.31. The van der Waals surface area contributed by atoms with E-state index in [2.05, 4.69) is 29.2 Å². The van der Waals surface area contributed by atoms with Crippen molar-refractivity contribution in [2.45, 2.75) is 45.9 Å². The normalized spacial score (nSPS) is 20.2. The SMILES string of the molecule is Cc1cc(CNC(=O)[C@@H]2CCO[C@H]2c2ccnn2C(C)C)cc(=O)[nH]1. The molecule has 0 unspecified atom stereocenters. The maximum Gasteiger partial charge on any atom is 0.248 e. The minimum atomic E-state index is -0.286. The number of rotatable bonds is 5. The van der Waals surface area contributed by atoms with Crippen LogP contribution in [0.5, 0.6) is 0 Å². The Morgan fingerprint density at radius 3 is 3.00 bits per heavy atom. The van der Waals surface area contributed by atoms with Crippen LogP contribution < -0.4 is 10.9 Å².